The lowest BCUT2D eigenvalue weighted by molar-refractivity contribution is 0.0728. The van der Waals surface area contributed by atoms with Gasteiger partial charge in [0.1, 0.15) is 11.6 Å². The number of aryl methyl sites for hydroxylation is 2. The standard InChI is InChI=1S/C23H20N2O4/c1-4-28-21-12-16(18-11-15(3)25-22(26)19(18)13-24)8-9-20(21)29-23(27)17-7-5-6-14(2)10-17/h5-12H,4H2,1-3H3,(H,25,26). The van der Waals surface area contributed by atoms with Crippen LogP contribution in [0.15, 0.2) is 53.3 Å². The number of hydrogen-bond donors (Lipinski definition) is 1. The molecule has 1 aromatic heterocycles. The van der Waals surface area contributed by atoms with Gasteiger partial charge in [-0.25, -0.2) is 4.79 Å². The largest absolute Gasteiger partial charge is 0.490 e. The van der Waals surface area contributed by atoms with Crippen LogP contribution in [0.3, 0.4) is 0 Å². The Kier molecular flexibility index (Phi) is 5.79. The van der Waals surface area contributed by atoms with Gasteiger partial charge in [-0.2, -0.15) is 5.26 Å². The SMILES string of the molecule is CCOc1cc(-c2cc(C)[nH]c(=O)c2C#N)ccc1OC(=O)c1cccc(C)c1. The van der Waals surface area contributed by atoms with Gasteiger partial charge in [-0.05, 0) is 56.7 Å². The van der Waals surface area contributed by atoms with Gasteiger partial charge in [-0.15, -0.1) is 0 Å². The molecule has 0 saturated carbocycles. The fourth-order valence-electron chi connectivity index (χ4n) is 2.99. The van der Waals surface area contributed by atoms with E-state index in [9.17, 15) is 14.9 Å². The lowest BCUT2D eigenvalue weighted by atomic mass is 10.0. The molecule has 0 spiro atoms. The third-order valence-electron chi connectivity index (χ3n) is 4.29. The molecular formula is C23H20N2O4. The van der Waals surface area contributed by atoms with E-state index in [-0.39, 0.29) is 11.3 Å². The van der Waals surface area contributed by atoms with Crippen LogP contribution >= 0.6 is 0 Å². The minimum absolute atomic E-state index is 0.0163. The van der Waals surface area contributed by atoms with E-state index >= 15 is 0 Å². The molecule has 0 aliphatic rings. The van der Waals surface area contributed by atoms with Crippen LogP contribution in [0, 0.1) is 25.2 Å². The van der Waals surface area contributed by atoms with Gasteiger partial charge >= 0.3 is 5.97 Å². The van der Waals surface area contributed by atoms with Crippen molar-refractivity contribution in [2.24, 2.45) is 0 Å². The van der Waals surface area contributed by atoms with Crippen molar-refractivity contribution in [1.82, 2.24) is 4.98 Å². The molecule has 1 heterocycles. The molecule has 0 bridgehead atoms. The van der Waals surface area contributed by atoms with Crippen molar-refractivity contribution in [3.63, 3.8) is 0 Å². The fraction of sp³-hybridized carbons (Fsp3) is 0.174. The molecule has 6 nitrogen and oxygen atoms in total. The number of nitrogens with zero attached hydrogens (tertiary/aromatic N) is 1. The smallest absolute Gasteiger partial charge is 0.343 e. The highest BCUT2D eigenvalue weighted by atomic mass is 16.6. The van der Waals surface area contributed by atoms with Gasteiger partial charge in [0.25, 0.3) is 5.56 Å². The van der Waals surface area contributed by atoms with Crippen LogP contribution in [0.1, 0.15) is 34.1 Å². The monoisotopic (exact) mass is 388 g/mol. The predicted molar refractivity (Wildman–Crippen MR) is 109 cm³/mol. The molecular weight excluding hydrogens is 368 g/mol. The molecule has 0 amide bonds. The van der Waals surface area contributed by atoms with Crippen LogP contribution in [0.2, 0.25) is 0 Å². The predicted octanol–water partition coefficient (Wildman–Crippen LogP) is 4.15. The zero-order chi connectivity index (χ0) is 21.0. The molecule has 0 saturated heterocycles. The third kappa shape index (κ3) is 4.36. The number of esters is 1. The average molecular weight is 388 g/mol. The highest BCUT2D eigenvalue weighted by molar-refractivity contribution is 5.91. The Morgan fingerprint density at radius 3 is 2.59 bits per heavy atom. The van der Waals surface area contributed by atoms with Gasteiger partial charge in [0, 0.05) is 11.3 Å². The van der Waals surface area contributed by atoms with E-state index in [1.165, 1.54) is 0 Å². The molecule has 3 rings (SSSR count). The summed E-state index contributed by atoms with van der Waals surface area (Å²) >= 11 is 0. The van der Waals surface area contributed by atoms with Crippen LogP contribution < -0.4 is 15.0 Å². The van der Waals surface area contributed by atoms with Crippen molar-refractivity contribution >= 4 is 5.97 Å². The summed E-state index contributed by atoms with van der Waals surface area (Å²) in [5, 5.41) is 9.38. The highest BCUT2D eigenvalue weighted by Crippen LogP contribution is 2.34. The van der Waals surface area contributed by atoms with E-state index in [1.807, 2.05) is 26.0 Å². The van der Waals surface area contributed by atoms with E-state index in [0.717, 1.165) is 5.56 Å². The number of pyridine rings is 1. The zero-order valence-corrected chi connectivity index (χ0v) is 16.4. The Bertz CT molecular complexity index is 1170. The van der Waals surface area contributed by atoms with Crippen molar-refractivity contribution in [3.05, 3.63) is 81.3 Å². The number of hydrogen-bond acceptors (Lipinski definition) is 5. The van der Waals surface area contributed by atoms with Gasteiger partial charge in [-0.1, -0.05) is 23.8 Å². The van der Waals surface area contributed by atoms with Gasteiger partial charge in [0.15, 0.2) is 11.5 Å². The first-order valence-corrected chi connectivity index (χ1v) is 9.13. The minimum Gasteiger partial charge on any atom is -0.490 e. The van der Waals surface area contributed by atoms with Crippen LogP contribution in [0.5, 0.6) is 11.5 Å². The van der Waals surface area contributed by atoms with Gasteiger partial charge in [0.05, 0.1) is 12.2 Å². The Morgan fingerprint density at radius 2 is 1.90 bits per heavy atom. The summed E-state index contributed by atoms with van der Waals surface area (Å²) < 4.78 is 11.2. The van der Waals surface area contributed by atoms with E-state index in [2.05, 4.69) is 4.98 Å². The summed E-state index contributed by atoms with van der Waals surface area (Å²) in [5.41, 5.74) is 2.71. The van der Waals surface area contributed by atoms with Gasteiger partial charge in [0.2, 0.25) is 0 Å². The zero-order valence-electron chi connectivity index (χ0n) is 16.4. The Balaban J connectivity index is 2.01. The topological polar surface area (TPSA) is 92.2 Å². The lowest BCUT2D eigenvalue weighted by Gasteiger charge is -2.13. The van der Waals surface area contributed by atoms with E-state index in [1.54, 1.807) is 49.4 Å². The summed E-state index contributed by atoms with van der Waals surface area (Å²) in [6, 6.07) is 15.7. The number of benzene rings is 2. The maximum atomic E-state index is 12.5. The first-order chi connectivity index (χ1) is 13.9. The summed E-state index contributed by atoms with van der Waals surface area (Å²) in [5.74, 6) is 0.127. The summed E-state index contributed by atoms with van der Waals surface area (Å²) in [6.45, 7) is 5.82. The molecule has 0 unspecified atom stereocenters. The number of ether oxygens (including phenoxy) is 2. The number of H-pyrrole nitrogens is 1. The number of nitriles is 1. The Hall–Kier alpha value is -3.85. The first-order valence-electron chi connectivity index (χ1n) is 9.13. The molecule has 29 heavy (non-hydrogen) atoms. The molecule has 0 fully saturated rings. The number of aromatic amines is 1. The van der Waals surface area contributed by atoms with Gasteiger partial charge in [-0.3, -0.25) is 4.79 Å². The van der Waals surface area contributed by atoms with Crippen molar-refractivity contribution in [1.29, 1.82) is 5.26 Å². The van der Waals surface area contributed by atoms with Crippen LogP contribution in [0.4, 0.5) is 0 Å². The summed E-state index contributed by atoms with van der Waals surface area (Å²) in [4.78, 5) is 27.2. The fourth-order valence-corrected chi connectivity index (χ4v) is 2.99. The van der Waals surface area contributed by atoms with Crippen LogP contribution in [0.25, 0.3) is 11.1 Å². The summed E-state index contributed by atoms with van der Waals surface area (Å²) in [7, 11) is 0. The second-order valence-electron chi connectivity index (χ2n) is 6.54. The van der Waals surface area contributed by atoms with Gasteiger partial charge < -0.3 is 14.5 Å². The highest BCUT2D eigenvalue weighted by Gasteiger charge is 2.16. The average Bonchev–Trinajstić information content (AvgIpc) is 2.69. The maximum Gasteiger partial charge on any atom is 0.343 e. The Morgan fingerprint density at radius 1 is 1.10 bits per heavy atom. The normalized spacial score (nSPS) is 10.3. The van der Waals surface area contributed by atoms with E-state index in [0.29, 0.717) is 34.7 Å². The quantitative estimate of drug-likeness (QED) is 0.524. The van der Waals surface area contributed by atoms with E-state index < -0.39 is 11.5 Å². The summed E-state index contributed by atoms with van der Waals surface area (Å²) in [6.07, 6.45) is 0. The second-order valence-corrected chi connectivity index (χ2v) is 6.54. The number of rotatable bonds is 5. The molecule has 0 atom stereocenters. The van der Waals surface area contributed by atoms with Crippen LogP contribution in [-0.4, -0.2) is 17.6 Å². The minimum atomic E-state index is -0.493. The lowest BCUT2D eigenvalue weighted by Crippen LogP contribution is -2.13. The van der Waals surface area contributed by atoms with Crippen molar-refractivity contribution in [3.8, 4) is 28.7 Å². The number of carbonyl (C=O) groups is 1. The Labute approximate surface area is 168 Å². The van der Waals surface area contributed by atoms with Crippen molar-refractivity contribution < 1.29 is 14.3 Å². The van der Waals surface area contributed by atoms with Crippen molar-refractivity contribution in [2.75, 3.05) is 6.61 Å². The number of carbonyl (C=O) groups excluding carboxylic acids is 1. The molecule has 146 valence electrons. The van der Waals surface area contributed by atoms with E-state index in [4.69, 9.17) is 9.47 Å². The van der Waals surface area contributed by atoms with Crippen molar-refractivity contribution in [2.45, 2.75) is 20.8 Å². The molecule has 0 aliphatic carbocycles. The van der Waals surface area contributed by atoms with Crippen LogP contribution in [-0.2, 0) is 0 Å². The molecule has 0 radical (unpaired) electrons. The number of aromatic nitrogens is 1. The molecule has 3 aromatic rings. The number of nitrogens with one attached hydrogen (secondary N) is 1. The molecule has 1 N–H and O–H groups in total. The molecule has 6 heteroatoms. The second kappa shape index (κ2) is 8.44. The third-order valence-corrected chi connectivity index (χ3v) is 4.29. The molecule has 0 aliphatic heterocycles. The maximum absolute atomic E-state index is 12.5. The molecule has 2 aromatic carbocycles. The first kappa shape index (κ1) is 19.9.